The number of carbonyl (C=O) groups is 1. The number of anilines is 1. The second kappa shape index (κ2) is 6.68. The van der Waals surface area contributed by atoms with E-state index in [1.807, 2.05) is 6.07 Å². The molecule has 0 spiro atoms. The Hall–Kier alpha value is -2.24. The molecule has 9 heteroatoms. The molecule has 0 saturated carbocycles. The van der Waals surface area contributed by atoms with Crippen molar-refractivity contribution in [2.24, 2.45) is 0 Å². The molecule has 2 aromatic heterocycles. The number of hydrogen-bond acceptors (Lipinski definition) is 4. The van der Waals surface area contributed by atoms with E-state index in [-0.39, 0.29) is 20.5 Å². The maximum atomic E-state index is 12.4. The van der Waals surface area contributed by atoms with Crippen LogP contribution in [0.5, 0.6) is 0 Å². The van der Waals surface area contributed by atoms with Crippen LogP contribution in [0.25, 0.3) is 0 Å². The predicted octanol–water partition coefficient (Wildman–Crippen LogP) is 2.95. The number of aromatic nitrogens is 1. The highest BCUT2D eigenvalue weighted by Crippen LogP contribution is 2.26. The van der Waals surface area contributed by atoms with Crippen molar-refractivity contribution in [3.05, 3.63) is 49.5 Å². The average molecular weight is 344 g/mol. The summed E-state index contributed by atoms with van der Waals surface area (Å²) >= 11 is 6.69. The van der Waals surface area contributed by atoms with Crippen LogP contribution in [-0.2, 0) is 6.54 Å². The number of pyridine rings is 1. The predicted molar refractivity (Wildman–Crippen MR) is 78.7 cm³/mol. The molecular weight excluding hydrogens is 336 g/mol. The van der Waals surface area contributed by atoms with Crippen molar-refractivity contribution in [1.29, 1.82) is 5.26 Å². The van der Waals surface area contributed by atoms with Crippen molar-refractivity contribution in [1.82, 2.24) is 4.57 Å². The number of hydrogen-bond donors (Lipinski definition) is 1. The van der Waals surface area contributed by atoms with Crippen LogP contribution in [0.4, 0.5) is 14.5 Å². The van der Waals surface area contributed by atoms with E-state index in [2.05, 4.69) is 5.32 Å². The fourth-order valence-corrected chi connectivity index (χ4v) is 2.72. The molecule has 0 aromatic carbocycles. The third kappa shape index (κ3) is 3.69. The SMILES string of the molecule is N#Cc1sc(C(=O)Nc2ccc(=O)n(CC(F)F)c2)cc1Cl. The molecule has 0 fully saturated rings. The number of nitriles is 1. The number of rotatable bonds is 4. The largest absolute Gasteiger partial charge is 0.320 e. The van der Waals surface area contributed by atoms with Gasteiger partial charge >= 0.3 is 0 Å². The molecule has 0 atom stereocenters. The van der Waals surface area contributed by atoms with Gasteiger partial charge in [-0.1, -0.05) is 11.6 Å². The van der Waals surface area contributed by atoms with E-state index in [1.165, 1.54) is 12.1 Å². The molecule has 1 N–H and O–H groups in total. The molecule has 0 radical (unpaired) electrons. The van der Waals surface area contributed by atoms with Crippen LogP contribution in [0.3, 0.4) is 0 Å². The summed E-state index contributed by atoms with van der Waals surface area (Å²) in [5, 5.41) is 11.4. The Morgan fingerprint density at radius 3 is 2.82 bits per heavy atom. The Morgan fingerprint density at radius 1 is 1.50 bits per heavy atom. The van der Waals surface area contributed by atoms with Crippen molar-refractivity contribution in [2.75, 3.05) is 5.32 Å². The maximum absolute atomic E-state index is 12.4. The summed E-state index contributed by atoms with van der Waals surface area (Å²) in [4.78, 5) is 23.8. The van der Waals surface area contributed by atoms with Gasteiger partial charge in [0.2, 0.25) is 0 Å². The van der Waals surface area contributed by atoms with Gasteiger partial charge in [-0.2, -0.15) is 5.26 Å². The van der Waals surface area contributed by atoms with Gasteiger partial charge in [-0.3, -0.25) is 9.59 Å². The monoisotopic (exact) mass is 343 g/mol. The second-order valence-corrected chi connectivity index (χ2v) is 5.61. The van der Waals surface area contributed by atoms with Crippen LogP contribution in [0, 0.1) is 11.3 Å². The van der Waals surface area contributed by atoms with Gasteiger partial charge < -0.3 is 9.88 Å². The fraction of sp³-hybridized carbons (Fsp3) is 0.154. The topological polar surface area (TPSA) is 74.9 Å². The second-order valence-electron chi connectivity index (χ2n) is 4.15. The minimum atomic E-state index is -2.68. The molecule has 0 unspecified atom stereocenters. The van der Waals surface area contributed by atoms with Gasteiger partial charge in [0.1, 0.15) is 10.9 Å². The number of nitrogens with zero attached hydrogens (tertiary/aromatic N) is 2. The Bertz CT molecular complexity index is 810. The van der Waals surface area contributed by atoms with Crippen LogP contribution in [0.2, 0.25) is 5.02 Å². The van der Waals surface area contributed by atoms with E-state index < -0.39 is 24.4 Å². The van der Waals surface area contributed by atoms with E-state index in [4.69, 9.17) is 16.9 Å². The quantitative estimate of drug-likeness (QED) is 0.927. The number of alkyl halides is 2. The molecule has 5 nitrogen and oxygen atoms in total. The van der Waals surface area contributed by atoms with Crippen LogP contribution in [0.15, 0.2) is 29.2 Å². The Labute approximate surface area is 132 Å². The van der Waals surface area contributed by atoms with Crippen molar-refractivity contribution in [3.8, 4) is 6.07 Å². The standard InChI is InChI=1S/C13H8ClF2N3O2S/c14-8-3-9(22-10(8)4-17)13(21)18-7-1-2-12(20)19(5-7)6-11(15)16/h1-3,5,11H,6H2,(H,18,21). The van der Waals surface area contributed by atoms with Gasteiger partial charge in [-0.05, 0) is 12.1 Å². The minimum Gasteiger partial charge on any atom is -0.320 e. The first-order valence-electron chi connectivity index (χ1n) is 5.90. The number of nitrogens with one attached hydrogen (secondary N) is 1. The molecule has 0 bridgehead atoms. The van der Waals surface area contributed by atoms with Crippen molar-refractivity contribution >= 4 is 34.5 Å². The summed E-state index contributed by atoms with van der Waals surface area (Å²) in [5.41, 5.74) is -0.405. The molecule has 0 aliphatic carbocycles. The minimum absolute atomic E-state index is 0.167. The van der Waals surface area contributed by atoms with Gasteiger partial charge in [-0.15, -0.1) is 11.3 Å². The number of thiophene rings is 1. The third-order valence-corrected chi connectivity index (χ3v) is 4.04. The Balaban J connectivity index is 2.21. The normalized spacial score (nSPS) is 10.5. The number of halogens is 3. The molecule has 0 aliphatic heterocycles. The van der Waals surface area contributed by atoms with Gasteiger partial charge in [0, 0.05) is 12.3 Å². The van der Waals surface area contributed by atoms with E-state index >= 15 is 0 Å². The van der Waals surface area contributed by atoms with Crippen LogP contribution in [-0.4, -0.2) is 16.9 Å². The number of amides is 1. The molecule has 2 heterocycles. The third-order valence-electron chi connectivity index (χ3n) is 2.59. The summed E-state index contributed by atoms with van der Waals surface area (Å²) in [6.07, 6.45) is -1.55. The lowest BCUT2D eigenvalue weighted by Gasteiger charge is -2.08. The maximum Gasteiger partial charge on any atom is 0.265 e. The summed E-state index contributed by atoms with van der Waals surface area (Å²) in [6.45, 7) is -0.758. The summed E-state index contributed by atoms with van der Waals surface area (Å²) < 4.78 is 25.5. The van der Waals surface area contributed by atoms with E-state index in [1.54, 1.807) is 0 Å². The smallest absolute Gasteiger partial charge is 0.265 e. The molecular formula is C13H8ClF2N3O2S. The highest BCUT2D eigenvalue weighted by atomic mass is 35.5. The first-order valence-corrected chi connectivity index (χ1v) is 7.09. The van der Waals surface area contributed by atoms with E-state index in [0.717, 1.165) is 28.2 Å². The average Bonchev–Trinajstić information content (AvgIpc) is 2.83. The lowest BCUT2D eigenvalue weighted by molar-refractivity contribution is 0.103. The van der Waals surface area contributed by atoms with Gasteiger partial charge in [-0.25, -0.2) is 8.78 Å². The lowest BCUT2D eigenvalue weighted by atomic mass is 10.3. The molecule has 114 valence electrons. The highest BCUT2D eigenvalue weighted by Gasteiger charge is 2.14. The molecule has 22 heavy (non-hydrogen) atoms. The molecule has 0 saturated heterocycles. The molecule has 1 amide bonds. The van der Waals surface area contributed by atoms with Gasteiger partial charge in [0.05, 0.1) is 22.1 Å². The number of carbonyl (C=O) groups excluding carboxylic acids is 1. The molecule has 2 rings (SSSR count). The zero-order valence-electron chi connectivity index (χ0n) is 10.8. The van der Waals surface area contributed by atoms with Gasteiger partial charge in [0.15, 0.2) is 0 Å². The zero-order valence-corrected chi connectivity index (χ0v) is 12.4. The van der Waals surface area contributed by atoms with Crippen LogP contribution in [0.1, 0.15) is 14.5 Å². The lowest BCUT2D eigenvalue weighted by Crippen LogP contribution is -2.23. The molecule has 0 aliphatic rings. The fourth-order valence-electron chi connectivity index (χ4n) is 1.65. The summed E-state index contributed by atoms with van der Waals surface area (Å²) in [6, 6.07) is 5.58. The molecule has 2 aromatic rings. The summed E-state index contributed by atoms with van der Waals surface area (Å²) in [7, 11) is 0. The first-order chi connectivity index (χ1) is 10.4. The van der Waals surface area contributed by atoms with E-state index in [0.29, 0.717) is 0 Å². The summed E-state index contributed by atoms with van der Waals surface area (Å²) in [5.74, 6) is -0.546. The van der Waals surface area contributed by atoms with Crippen molar-refractivity contribution < 1.29 is 13.6 Å². The van der Waals surface area contributed by atoms with E-state index in [9.17, 15) is 18.4 Å². The van der Waals surface area contributed by atoms with Crippen LogP contribution < -0.4 is 10.9 Å². The van der Waals surface area contributed by atoms with Crippen LogP contribution >= 0.6 is 22.9 Å². The Morgan fingerprint density at radius 2 is 2.23 bits per heavy atom. The Kier molecular flexibility index (Phi) is 4.90. The zero-order chi connectivity index (χ0) is 16.3. The highest BCUT2D eigenvalue weighted by molar-refractivity contribution is 7.15. The van der Waals surface area contributed by atoms with Crippen molar-refractivity contribution in [2.45, 2.75) is 13.0 Å². The first kappa shape index (κ1) is 16.1. The van der Waals surface area contributed by atoms with Gasteiger partial charge in [0.25, 0.3) is 17.9 Å². The van der Waals surface area contributed by atoms with Crippen molar-refractivity contribution in [3.63, 3.8) is 0 Å².